The maximum Gasteiger partial charge on any atom is 0.123 e. The molecule has 0 spiro atoms. The Morgan fingerprint density at radius 3 is 2.00 bits per heavy atom. The lowest BCUT2D eigenvalue weighted by atomic mass is 10.0. The van der Waals surface area contributed by atoms with Crippen molar-refractivity contribution in [1.82, 2.24) is 0 Å². The Bertz CT molecular complexity index is 538. The highest BCUT2D eigenvalue weighted by molar-refractivity contribution is 5.69. The molecule has 2 aromatic carbocycles. The second-order valence-electron chi connectivity index (χ2n) is 4.15. The van der Waals surface area contributed by atoms with Gasteiger partial charge in [-0.15, -0.1) is 0 Å². The average molecular weight is 242 g/mol. The molecular formula is C16H15FO. The van der Waals surface area contributed by atoms with Crippen LogP contribution >= 0.6 is 0 Å². The first kappa shape index (κ1) is 12.5. The van der Waals surface area contributed by atoms with Gasteiger partial charge in [0.1, 0.15) is 5.82 Å². The predicted octanol–water partition coefficient (Wildman–Crippen LogP) is 3.89. The Morgan fingerprint density at radius 2 is 1.50 bits per heavy atom. The zero-order chi connectivity index (χ0) is 13.0. The molecule has 1 nitrogen and oxygen atoms in total. The van der Waals surface area contributed by atoms with E-state index in [1.165, 1.54) is 12.1 Å². The molecule has 0 saturated carbocycles. The number of hydrogen-bond acceptors (Lipinski definition) is 1. The summed E-state index contributed by atoms with van der Waals surface area (Å²) in [5.74, 6) is -0.225. The Balaban J connectivity index is 2.27. The zero-order valence-corrected chi connectivity index (χ0v) is 10.2. The van der Waals surface area contributed by atoms with E-state index in [-0.39, 0.29) is 12.4 Å². The minimum absolute atomic E-state index is 0.0472. The number of hydrogen-bond donors (Lipinski definition) is 1. The summed E-state index contributed by atoms with van der Waals surface area (Å²) >= 11 is 0. The third kappa shape index (κ3) is 2.84. The molecule has 0 saturated heterocycles. The number of benzene rings is 2. The van der Waals surface area contributed by atoms with Gasteiger partial charge in [0.25, 0.3) is 0 Å². The number of aliphatic hydroxyl groups excluding tert-OH is 1. The molecule has 0 amide bonds. The Hall–Kier alpha value is -1.93. The van der Waals surface area contributed by atoms with Crippen molar-refractivity contribution in [2.45, 2.75) is 6.92 Å². The average Bonchev–Trinajstić information content (AvgIpc) is 2.40. The molecule has 2 heteroatoms. The predicted molar refractivity (Wildman–Crippen MR) is 72.6 cm³/mol. The fourth-order valence-electron chi connectivity index (χ4n) is 1.82. The van der Waals surface area contributed by atoms with E-state index in [1.54, 1.807) is 18.2 Å². The molecule has 0 aromatic heterocycles. The Labute approximate surface area is 106 Å². The van der Waals surface area contributed by atoms with Gasteiger partial charge in [0.05, 0.1) is 6.61 Å². The first-order chi connectivity index (χ1) is 8.70. The molecule has 0 atom stereocenters. The van der Waals surface area contributed by atoms with Crippen molar-refractivity contribution in [3.8, 4) is 11.1 Å². The smallest absolute Gasteiger partial charge is 0.123 e. The van der Waals surface area contributed by atoms with Crippen LogP contribution in [0.1, 0.15) is 12.5 Å². The molecule has 18 heavy (non-hydrogen) atoms. The summed E-state index contributed by atoms with van der Waals surface area (Å²) in [6.07, 6.45) is 1.77. The van der Waals surface area contributed by atoms with Gasteiger partial charge in [-0.05, 0) is 41.3 Å². The van der Waals surface area contributed by atoms with Gasteiger partial charge in [-0.25, -0.2) is 4.39 Å². The minimum Gasteiger partial charge on any atom is -0.392 e. The molecule has 92 valence electrons. The molecule has 1 N–H and O–H groups in total. The van der Waals surface area contributed by atoms with Crippen molar-refractivity contribution in [3.05, 3.63) is 66.0 Å². The van der Waals surface area contributed by atoms with Gasteiger partial charge < -0.3 is 5.11 Å². The molecule has 0 unspecified atom stereocenters. The number of halogens is 1. The second-order valence-corrected chi connectivity index (χ2v) is 4.15. The van der Waals surface area contributed by atoms with Crippen LogP contribution < -0.4 is 0 Å². The van der Waals surface area contributed by atoms with Gasteiger partial charge in [-0.1, -0.05) is 42.5 Å². The van der Waals surface area contributed by atoms with Crippen molar-refractivity contribution in [3.63, 3.8) is 0 Å². The summed E-state index contributed by atoms with van der Waals surface area (Å²) in [5, 5.41) is 8.84. The molecule has 0 aliphatic heterocycles. The Kier molecular flexibility index (Phi) is 3.90. The normalized spacial score (nSPS) is 11.6. The monoisotopic (exact) mass is 242 g/mol. The van der Waals surface area contributed by atoms with Crippen LogP contribution in [0.2, 0.25) is 0 Å². The van der Waals surface area contributed by atoms with E-state index in [0.29, 0.717) is 0 Å². The molecule has 2 aromatic rings. The van der Waals surface area contributed by atoms with Gasteiger partial charge in [0, 0.05) is 0 Å². The molecule has 0 fully saturated rings. The van der Waals surface area contributed by atoms with Crippen LogP contribution in [0.5, 0.6) is 0 Å². The van der Waals surface area contributed by atoms with E-state index in [1.807, 2.05) is 31.2 Å². The van der Waals surface area contributed by atoms with E-state index in [0.717, 1.165) is 22.3 Å². The highest BCUT2D eigenvalue weighted by atomic mass is 19.1. The van der Waals surface area contributed by atoms with E-state index >= 15 is 0 Å². The molecule has 2 rings (SSSR count). The lowest BCUT2D eigenvalue weighted by Gasteiger charge is -2.05. The summed E-state index contributed by atoms with van der Waals surface area (Å²) in [5.41, 5.74) is 4.17. The molecule has 0 aliphatic rings. The summed E-state index contributed by atoms with van der Waals surface area (Å²) in [6, 6.07) is 14.4. The minimum atomic E-state index is -0.225. The quantitative estimate of drug-likeness (QED) is 0.865. The largest absolute Gasteiger partial charge is 0.392 e. The van der Waals surface area contributed by atoms with Crippen molar-refractivity contribution >= 4 is 5.57 Å². The fourth-order valence-corrected chi connectivity index (χ4v) is 1.82. The first-order valence-corrected chi connectivity index (χ1v) is 5.84. The van der Waals surface area contributed by atoms with Crippen molar-refractivity contribution in [2.75, 3.05) is 6.61 Å². The highest BCUT2D eigenvalue weighted by Gasteiger charge is 1.99. The van der Waals surface area contributed by atoms with Crippen LogP contribution in [0.15, 0.2) is 54.6 Å². The van der Waals surface area contributed by atoms with Crippen LogP contribution in [-0.4, -0.2) is 11.7 Å². The summed E-state index contributed by atoms with van der Waals surface area (Å²) < 4.78 is 12.8. The standard InChI is InChI=1S/C16H15FO/c1-12(10-11-18)13-2-4-14(5-3-13)15-6-8-16(17)9-7-15/h2-10,18H,11H2,1H3/b12-10-. The summed E-state index contributed by atoms with van der Waals surface area (Å²) in [4.78, 5) is 0. The maximum atomic E-state index is 12.8. The lowest BCUT2D eigenvalue weighted by Crippen LogP contribution is -1.84. The molecule has 0 radical (unpaired) electrons. The first-order valence-electron chi connectivity index (χ1n) is 5.84. The SMILES string of the molecule is C/C(=C/CO)c1ccc(-c2ccc(F)cc2)cc1. The van der Waals surface area contributed by atoms with Gasteiger partial charge in [0.15, 0.2) is 0 Å². The summed E-state index contributed by atoms with van der Waals surface area (Å²) in [6.45, 7) is 2.01. The number of rotatable bonds is 3. The van der Waals surface area contributed by atoms with Crippen LogP contribution in [0.3, 0.4) is 0 Å². The Morgan fingerprint density at radius 1 is 1.00 bits per heavy atom. The summed E-state index contributed by atoms with van der Waals surface area (Å²) in [7, 11) is 0. The third-order valence-electron chi connectivity index (χ3n) is 2.92. The number of allylic oxidation sites excluding steroid dienone is 1. The zero-order valence-electron chi connectivity index (χ0n) is 10.2. The van der Waals surface area contributed by atoms with Crippen LogP contribution in [0.4, 0.5) is 4.39 Å². The highest BCUT2D eigenvalue weighted by Crippen LogP contribution is 2.22. The van der Waals surface area contributed by atoms with Gasteiger partial charge in [-0.3, -0.25) is 0 Å². The lowest BCUT2D eigenvalue weighted by molar-refractivity contribution is 0.343. The molecular weight excluding hydrogens is 227 g/mol. The topological polar surface area (TPSA) is 20.2 Å². The molecule has 0 heterocycles. The van der Waals surface area contributed by atoms with Crippen molar-refractivity contribution in [1.29, 1.82) is 0 Å². The van der Waals surface area contributed by atoms with Gasteiger partial charge in [0.2, 0.25) is 0 Å². The fraction of sp³-hybridized carbons (Fsp3) is 0.125. The van der Waals surface area contributed by atoms with Gasteiger partial charge >= 0.3 is 0 Å². The van der Waals surface area contributed by atoms with E-state index < -0.39 is 0 Å². The van der Waals surface area contributed by atoms with Crippen molar-refractivity contribution < 1.29 is 9.50 Å². The number of aliphatic hydroxyl groups is 1. The van der Waals surface area contributed by atoms with Crippen LogP contribution in [0, 0.1) is 5.82 Å². The van der Waals surface area contributed by atoms with Gasteiger partial charge in [-0.2, -0.15) is 0 Å². The van der Waals surface area contributed by atoms with E-state index in [4.69, 9.17) is 5.11 Å². The van der Waals surface area contributed by atoms with Crippen molar-refractivity contribution in [2.24, 2.45) is 0 Å². The molecule has 0 aliphatic carbocycles. The molecule has 0 bridgehead atoms. The third-order valence-corrected chi connectivity index (χ3v) is 2.92. The van der Waals surface area contributed by atoms with Crippen LogP contribution in [0.25, 0.3) is 16.7 Å². The second kappa shape index (κ2) is 5.61. The van der Waals surface area contributed by atoms with E-state index in [2.05, 4.69) is 0 Å². The van der Waals surface area contributed by atoms with Crippen LogP contribution in [-0.2, 0) is 0 Å². The van der Waals surface area contributed by atoms with E-state index in [9.17, 15) is 4.39 Å². The maximum absolute atomic E-state index is 12.8.